The van der Waals surface area contributed by atoms with Crippen molar-refractivity contribution in [1.29, 1.82) is 0 Å². The zero-order chi connectivity index (χ0) is 56.3. The Labute approximate surface area is 491 Å². The van der Waals surface area contributed by atoms with Crippen molar-refractivity contribution >= 4 is 56.9 Å². The Morgan fingerprint density at radius 3 is 0.747 bits per heavy atom. The van der Waals surface area contributed by atoms with Gasteiger partial charge in [-0.3, -0.25) is 0 Å². The molecular weight excluding hydrogens is 1020 g/mol. The molecule has 11 aromatic carbocycles. The Bertz CT molecular complexity index is 4180. The van der Waals surface area contributed by atoms with E-state index in [9.17, 15) is 0 Å². The van der Waals surface area contributed by atoms with Crippen LogP contribution in [0.15, 0.2) is 231 Å². The van der Waals surface area contributed by atoms with Crippen LogP contribution in [0.5, 0.6) is 0 Å². The van der Waals surface area contributed by atoms with E-state index in [4.69, 9.17) is 8.75 Å². The molecule has 0 atom stereocenters. The standard InChI is InChI=1S/C78H62N4S/c1-75(2)65-21-13-9-17-57(65)61-37-33-51(43-69(61)75)81(52-34-38-62-58-18-10-14-22-66(58)76(3,4)70(62)44-52)49-29-25-47(26-30-49)55-41-42-56(74-73(55)79-83-80-74)48-27-31-50(32-28-48)82(53-35-39-63-59-19-11-15-23-67(59)77(5,6)71(63)45-53)54-36-40-64-60-20-12-16-24-68(60)78(7,8)72(64)46-54/h9-46H,1-8H3. The van der Waals surface area contributed by atoms with E-state index in [-0.39, 0.29) is 21.7 Å². The van der Waals surface area contributed by atoms with Gasteiger partial charge in [-0.25, -0.2) is 0 Å². The third-order valence-corrected chi connectivity index (χ3v) is 20.1. The first-order valence-electron chi connectivity index (χ1n) is 29.2. The van der Waals surface area contributed by atoms with Gasteiger partial charge < -0.3 is 9.80 Å². The van der Waals surface area contributed by atoms with E-state index in [0.717, 1.165) is 67.4 Å². The summed E-state index contributed by atoms with van der Waals surface area (Å²) in [6.07, 6.45) is 0. The van der Waals surface area contributed by atoms with Crippen LogP contribution >= 0.6 is 11.7 Å². The number of fused-ring (bicyclic) bond motifs is 13. The minimum absolute atomic E-state index is 0.136. The summed E-state index contributed by atoms with van der Waals surface area (Å²) >= 11 is 1.28. The first kappa shape index (κ1) is 49.6. The molecule has 0 unspecified atom stereocenters. The van der Waals surface area contributed by atoms with Crippen molar-refractivity contribution in [3.63, 3.8) is 0 Å². The van der Waals surface area contributed by atoms with Crippen molar-refractivity contribution < 1.29 is 0 Å². The first-order chi connectivity index (χ1) is 40.2. The largest absolute Gasteiger partial charge is 0.310 e. The molecule has 0 fully saturated rings. The van der Waals surface area contributed by atoms with Gasteiger partial charge in [-0.15, -0.1) is 0 Å². The molecule has 5 heteroatoms. The fourth-order valence-corrected chi connectivity index (χ4v) is 15.7. The molecule has 12 aromatic rings. The molecule has 4 nitrogen and oxygen atoms in total. The van der Waals surface area contributed by atoms with Crippen LogP contribution in [-0.2, 0) is 21.7 Å². The maximum absolute atomic E-state index is 5.01. The summed E-state index contributed by atoms with van der Waals surface area (Å²) < 4.78 is 10.0. The lowest BCUT2D eigenvalue weighted by molar-refractivity contribution is 0.659. The zero-order valence-corrected chi connectivity index (χ0v) is 49.0. The van der Waals surface area contributed by atoms with Gasteiger partial charge in [-0.2, -0.15) is 8.75 Å². The minimum Gasteiger partial charge on any atom is -0.310 e. The van der Waals surface area contributed by atoms with Crippen LogP contribution in [0, 0.1) is 0 Å². The van der Waals surface area contributed by atoms with Gasteiger partial charge in [0.15, 0.2) is 0 Å². The fourth-order valence-electron chi connectivity index (χ4n) is 15.1. The number of benzene rings is 11. The number of hydrogen-bond acceptors (Lipinski definition) is 5. The molecule has 400 valence electrons. The highest BCUT2D eigenvalue weighted by Crippen LogP contribution is 2.56. The van der Waals surface area contributed by atoms with Gasteiger partial charge in [0.1, 0.15) is 11.0 Å². The molecule has 16 rings (SSSR count). The minimum atomic E-state index is -0.136. The maximum Gasteiger partial charge on any atom is 0.113 e. The molecule has 0 saturated heterocycles. The van der Waals surface area contributed by atoms with Crippen molar-refractivity contribution in [2.24, 2.45) is 0 Å². The highest BCUT2D eigenvalue weighted by Gasteiger charge is 2.40. The van der Waals surface area contributed by atoms with E-state index in [2.05, 4.69) is 296 Å². The monoisotopic (exact) mass is 1090 g/mol. The van der Waals surface area contributed by atoms with E-state index < -0.39 is 0 Å². The second kappa shape index (κ2) is 17.7. The molecule has 0 spiro atoms. The van der Waals surface area contributed by atoms with E-state index in [1.165, 1.54) is 101 Å². The molecule has 0 amide bonds. The van der Waals surface area contributed by atoms with Crippen LogP contribution in [0.25, 0.3) is 77.8 Å². The van der Waals surface area contributed by atoms with E-state index >= 15 is 0 Å². The second-order valence-corrected chi connectivity index (χ2v) is 26.0. The number of hydrogen-bond donors (Lipinski definition) is 0. The van der Waals surface area contributed by atoms with Crippen molar-refractivity contribution in [2.75, 3.05) is 9.80 Å². The van der Waals surface area contributed by atoms with E-state index in [1.54, 1.807) is 0 Å². The molecule has 0 radical (unpaired) electrons. The smallest absolute Gasteiger partial charge is 0.113 e. The predicted molar refractivity (Wildman–Crippen MR) is 348 cm³/mol. The summed E-state index contributed by atoms with van der Waals surface area (Å²) in [4.78, 5) is 4.90. The second-order valence-electron chi connectivity index (χ2n) is 25.5. The Morgan fingerprint density at radius 1 is 0.241 bits per heavy atom. The Morgan fingerprint density at radius 2 is 0.470 bits per heavy atom. The van der Waals surface area contributed by atoms with Crippen LogP contribution in [0.4, 0.5) is 34.1 Å². The third-order valence-electron chi connectivity index (χ3n) is 19.6. The lowest BCUT2D eigenvalue weighted by atomic mass is 9.82. The molecule has 83 heavy (non-hydrogen) atoms. The molecule has 0 N–H and O–H groups in total. The number of rotatable bonds is 8. The van der Waals surface area contributed by atoms with Gasteiger partial charge in [-0.1, -0.05) is 213 Å². The van der Waals surface area contributed by atoms with E-state index in [0.29, 0.717) is 0 Å². The number of aromatic nitrogens is 2. The van der Waals surface area contributed by atoms with Crippen molar-refractivity contribution in [3.05, 3.63) is 275 Å². The topological polar surface area (TPSA) is 32.3 Å². The van der Waals surface area contributed by atoms with Gasteiger partial charge >= 0.3 is 0 Å². The molecule has 0 saturated carbocycles. The summed E-state index contributed by atoms with van der Waals surface area (Å²) in [5, 5.41) is 0. The molecule has 0 aliphatic heterocycles. The fraction of sp³-hybridized carbons (Fsp3) is 0.154. The normalized spacial score (nSPS) is 15.4. The van der Waals surface area contributed by atoms with Gasteiger partial charge in [0.05, 0.1) is 11.7 Å². The average Bonchev–Trinajstić information content (AvgIpc) is 2.33. The highest BCUT2D eigenvalue weighted by molar-refractivity contribution is 7.00. The molecule has 4 aliphatic rings. The third kappa shape index (κ3) is 7.17. The van der Waals surface area contributed by atoms with Crippen LogP contribution in [0.1, 0.15) is 99.9 Å². The SMILES string of the molecule is CC1(C)c2ccccc2-c2ccc(N(c3ccc(-c4ccc(-c5ccc(N(c6ccc7c(c6)C(C)(C)c6ccccc6-7)c6ccc7c(c6)C(C)(C)c6ccccc6-7)cc5)c5nsnc45)cc3)c3ccc4c(c3)C(C)(C)c3ccccc3-4)cc21. The first-order valence-corrected chi connectivity index (χ1v) is 29.9. The maximum atomic E-state index is 5.01. The average molecular weight is 1090 g/mol. The Balaban J connectivity index is 0.760. The van der Waals surface area contributed by atoms with Gasteiger partial charge in [0.2, 0.25) is 0 Å². The van der Waals surface area contributed by atoms with Crippen LogP contribution in [0.2, 0.25) is 0 Å². The molecular formula is C78H62N4S. The zero-order valence-electron chi connectivity index (χ0n) is 48.1. The quantitative estimate of drug-likeness (QED) is 0.152. The van der Waals surface area contributed by atoms with Crippen molar-refractivity contribution in [3.8, 4) is 66.8 Å². The molecule has 1 aromatic heterocycles. The summed E-state index contributed by atoms with van der Waals surface area (Å²) in [6.45, 7) is 18.9. The highest BCUT2D eigenvalue weighted by atomic mass is 32.1. The molecule has 1 heterocycles. The number of anilines is 6. The van der Waals surface area contributed by atoms with Crippen LogP contribution < -0.4 is 9.80 Å². The van der Waals surface area contributed by atoms with E-state index in [1.807, 2.05) is 0 Å². The summed E-state index contributed by atoms with van der Waals surface area (Å²) in [5.74, 6) is 0. The summed E-state index contributed by atoms with van der Waals surface area (Å²) in [5.41, 5.74) is 33.8. The molecule has 4 aliphatic carbocycles. The van der Waals surface area contributed by atoms with Gasteiger partial charge in [-0.05, 0) is 173 Å². The summed E-state index contributed by atoms with van der Waals surface area (Å²) in [6, 6.07) is 86.6. The lowest BCUT2D eigenvalue weighted by Crippen LogP contribution is -2.18. The van der Waals surface area contributed by atoms with Crippen LogP contribution in [0.3, 0.4) is 0 Å². The van der Waals surface area contributed by atoms with Gasteiger partial charge in [0.25, 0.3) is 0 Å². The Hall–Kier alpha value is -9.16. The van der Waals surface area contributed by atoms with Gasteiger partial charge in [0, 0.05) is 66.9 Å². The summed E-state index contributed by atoms with van der Waals surface area (Å²) in [7, 11) is 0. The molecule has 0 bridgehead atoms. The van der Waals surface area contributed by atoms with Crippen LogP contribution in [-0.4, -0.2) is 8.75 Å². The lowest BCUT2D eigenvalue weighted by Gasteiger charge is -2.30. The predicted octanol–water partition coefficient (Wildman–Crippen LogP) is 21.2. The van der Waals surface area contributed by atoms with Crippen molar-refractivity contribution in [1.82, 2.24) is 8.75 Å². The van der Waals surface area contributed by atoms with Crippen molar-refractivity contribution in [2.45, 2.75) is 77.0 Å². The Kier molecular flexibility index (Phi) is 10.6. The number of nitrogens with zero attached hydrogens (tertiary/aromatic N) is 4.